The molecule has 0 saturated heterocycles. The molecule has 16 heavy (non-hydrogen) atoms. The van der Waals surface area contributed by atoms with Gasteiger partial charge in [0.15, 0.2) is 0 Å². The van der Waals surface area contributed by atoms with Gasteiger partial charge in [-0.2, -0.15) is 13.2 Å². The molecular weight excluding hydrogens is 271 g/mol. The van der Waals surface area contributed by atoms with E-state index in [0.29, 0.717) is 9.21 Å². The van der Waals surface area contributed by atoms with Crippen LogP contribution in [0.5, 0.6) is 0 Å². The summed E-state index contributed by atoms with van der Waals surface area (Å²) in [6, 6.07) is 3.25. The van der Waals surface area contributed by atoms with Crippen LogP contribution in [0.2, 0.25) is 4.34 Å². The molecular formula is C7H5ClF3NO3S. The number of nitrogens with two attached hydrogens (primary N) is 1. The summed E-state index contributed by atoms with van der Waals surface area (Å²) in [6.07, 6.45) is -5.08. The molecule has 0 aromatic carbocycles. The second-order valence-electron chi connectivity index (χ2n) is 2.27. The van der Waals surface area contributed by atoms with Crippen molar-refractivity contribution in [1.29, 1.82) is 0 Å². The number of alkyl halides is 3. The van der Waals surface area contributed by atoms with E-state index in [1.54, 1.807) is 12.1 Å². The van der Waals surface area contributed by atoms with Crippen molar-refractivity contribution in [2.45, 2.75) is 6.18 Å². The lowest BCUT2D eigenvalue weighted by Crippen LogP contribution is -2.21. The van der Waals surface area contributed by atoms with Gasteiger partial charge in [0.25, 0.3) is 5.91 Å². The van der Waals surface area contributed by atoms with Crippen LogP contribution in [0, 0.1) is 0 Å². The van der Waals surface area contributed by atoms with Gasteiger partial charge in [-0.15, -0.1) is 11.3 Å². The van der Waals surface area contributed by atoms with Crippen LogP contribution in [0.25, 0.3) is 0 Å². The van der Waals surface area contributed by atoms with Crippen LogP contribution in [-0.2, 0) is 4.79 Å². The highest BCUT2D eigenvalue weighted by Crippen LogP contribution is 2.20. The second kappa shape index (κ2) is 5.71. The Balaban J connectivity index is 0.000000293. The molecule has 1 aromatic rings. The quantitative estimate of drug-likeness (QED) is 0.824. The third-order valence-electron chi connectivity index (χ3n) is 1.06. The maximum absolute atomic E-state index is 10.6. The van der Waals surface area contributed by atoms with Crippen molar-refractivity contribution in [3.8, 4) is 0 Å². The van der Waals surface area contributed by atoms with Crippen molar-refractivity contribution in [2.24, 2.45) is 5.73 Å². The Hall–Kier alpha value is -1.28. The summed E-state index contributed by atoms with van der Waals surface area (Å²) < 4.78 is 32.3. The van der Waals surface area contributed by atoms with Crippen LogP contribution in [0.15, 0.2) is 12.1 Å². The van der Waals surface area contributed by atoms with Crippen LogP contribution in [0.3, 0.4) is 0 Å². The van der Waals surface area contributed by atoms with Crippen LogP contribution >= 0.6 is 22.9 Å². The molecule has 0 aliphatic carbocycles. The number of carboxylic acids is 1. The number of hydrogen-bond acceptors (Lipinski definition) is 3. The summed E-state index contributed by atoms with van der Waals surface area (Å²) in [7, 11) is 0. The average molecular weight is 276 g/mol. The number of rotatable bonds is 1. The standard InChI is InChI=1S/C5H4ClNOS.C2HF3O2/c6-4-2-1-3(9-4)5(7)8;3-2(4,5)1(6)7/h1-2H,(H2,7,8);(H,6,7). The van der Waals surface area contributed by atoms with Crippen molar-refractivity contribution in [3.05, 3.63) is 21.3 Å². The molecule has 0 saturated carbocycles. The van der Waals surface area contributed by atoms with Crippen molar-refractivity contribution in [1.82, 2.24) is 0 Å². The molecule has 1 aromatic heterocycles. The smallest absolute Gasteiger partial charge is 0.475 e. The summed E-state index contributed by atoms with van der Waals surface area (Å²) >= 11 is 6.70. The molecule has 0 unspecified atom stereocenters. The molecule has 1 amide bonds. The van der Waals surface area contributed by atoms with E-state index < -0.39 is 18.1 Å². The zero-order valence-electron chi connectivity index (χ0n) is 7.42. The fourth-order valence-electron chi connectivity index (χ4n) is 0.447. The minimum Gasteiger partial charge on any atom is -0.475 e. The molecule has 0 radical (unpaired) electrons. The van der Waals surface area contributed by atoms with E-state index in [9.17, 15) is 18.0 Å². The number of carbonyl (C=O) groups excluding carboxylic acids is 1. The Bertz CT molecular complexity index is 390. The summed E-state index contributed by atoms with van der Waals surface area (Å²) in [6.45, 7) is 0. The molecule has 0 spiro atoms. The van der Waals surface area contributed by atoms with Gasteiger partial charge in [-0.25, -0.2) is 4.79 Å². The van der Waals surface area contributed by atoms with Gasteiger partial charge in [-0.05, 0) is 12.1 Å². The van der Waals surface area contributed by atoms with Crippen LogP contribution in [0.1, 0.15) is 9.67 Å². The highest BCUT2D eigenvalue weighted by atomic mass is 35.5. The largest absolute Gasteiger partial charge is 0.490 e. The van der Waals surface area contributed by atoms with E-state index in [4.69, 9.17) is 27.2 Å². The van der Waals surface area contributed by atoms with Gasteiger partial charge in [0.1, 0.15) is 0 Å². The molecule has 4 nitrogen and oxygen atoms in total. The number of carboxylic acid groups (broad SMARTS) is 1. The third kappa shape index (κ3) is 5.56. The normalized spacial score (nSPS) is 10.2. The van der Waals surface area contributed by atoms with Crippen LogP contribution < -0.4 is 5.73 Å². The van der Waals surface area contributed by atoms with Crippen molar-refractivity contribution in [3.63, 3.8) is 0 Å². The van der Waals surface area contributed by atoms with Gasteiger partial charge in [-0.1, -0.05) is 11.6 Å². The predicted octanol–water partition coefficient (Wildman–Crippen LogP) is 2.13. The SMILES string of the molecule is NC(=O)c1ccc(Cl)s1.O=C(O)C(F)(F)F. The number of carbonyl (C=O) groups is 2. The zero-order valence-corrected chi connectivity index (χ0v) is 8.99. The average Bonchev–Trinajstić information content (AvgIpc) is 2.51. The Morgan fingerprint density at radius 3 is 1.94 bits per heavy atom. The fourth-order valence-corrected chi connectivity index (χ4v) is 1.34. The molecule has 1 heterocycles. The van der Waals surface area contributed by atoms with Crippen molar-refractivity contribution >= 4 is 34.8 Å². The van der Waals surface area contributed by atoms with Gasteiger partial charge in [0.2, 0.25) is 0 Å². The first-order valence-corrected chi connectivity index (χ1v) is 4.69. The zero-order chi connectivity index (χ0) is 12.9. The third-order valence-corrected chi connectivity index (χ3v) is 2.30. The Kier molecular flexibility index (Phi) is 5.25. The van der Waals surface area contributed by atoms with Gasteiger partial charge in [0.05, 0.1) is 9.21 Å². The first kappa shape index (κ1) is 14.7. The molecule has 0 atom stereocenters. The number of aliphatic carboxylic acids is 1. The molecule has 1 rings (SSSR count). The predicted molar refractivity (Wildman–Crippen MR) is 51.5 cm³/mol. The minimum absolute atomic E-state index is 0.424. The minimum atomic E-state index is -5.08. The van der Waals surface area contributed by atoms with E-state index in [1.807, 2.05) is 0 Å². The molecule has 0 aliphatic rings. The van der Waals surface area contributed by atoms with E-state index in [0.717, 1.165) is 0 Å². The number of thiophene rings is 1. The fraction of sp³-hybridized carbons (Fsp3) is 0.143. The lowest BCUT2D eigenvalue weighted by atomic mass is 10.5. The number of hydrogen-bond donors (Lipinski definition) is 2. The maximum Gasteiger partial charge on any atom is 0.490 e. The summed E-state index contributed by atoms with van der Waals surface area (Å²) in [4.78, 5) is 19.8. The van der Waals surface area contributed by atoms with Gasteiger partial charge in [0, 0.05) is 0 Å². The highest BCUT2D eigenvalue weighted by molar-refractivity contribution is 7.17. The molecule has 9 heteroatoms. The topological polar surface area (TPSA) is 80.4 Å². The maximum atomic E-state index is 10.6. The molecule has 90 valence electrons. The lowest BCUT2D eigenvalue weighted by Gasteiger charge is -1.93. The summed E-state index contributed by atoms with van der Waals surface area (Å²) in [5.74, 6) is -3.18. The van der Waals surface area contributed by atoms with E-state index in [-0.39, 0.29) is 0 Å². The lowest BCUT2D eigenvalue weighted by molar-refractivity contribution is -0.192. The van der Waals surface area contributed by atoms with Gasteiger partial charge < -0.3 is 10.8 Å². The van der Waals surface area contributed by atoms with E-state index in [2.05, 4.69) is 0 Å². The second-order valence-corrected chi connectivity index (χ2v) is 3.99. The first-order chi connectivity index (χ1) is 7.14. The first-order valence-electron chi connectivity index (χ1n) is 3.50. The van der Waals surface area contributed by atoms with Crippen LogP contribution in [0.4, 0.5) is 13.2 Å². The van der Waals surface area contributed by atoms with E-state index >= 15 is 0 Å². The van der Waals surface area contributed by atoms with Crippen LogP contribution in [-0.4, -0.2) is 23.2 Å². The number of halogens is 4. The summed E-state index contributed by atoms with van der Waals surface area (Å²) in [5, 5.41) is 7.12. The van der Waals surface area contributed by atoms with Crippen molar-refractivity contribution < 1.29 is 27.9 Å². The molecule has 0 bridgehead atoms. The van der Waals surface area contributed by atoms with Gasteiger partial charge >= 0.3 is 12.1 Å². The highest BCUT2D eigenvalue weighted by Gasteiger charge is 2.38. The Labute approximate surface area is 96.4 Å². The molecule has 3 N–H and O–H groups in total. The Morgan fingerprint density at radius 1 is 1.38 bits per heavy atom. The number of primary amides is 1. The van der Waals surface area contributed by atoms with E-state index in [1.165, 1.54) is 11.3 Å². The molecule has 0 aliphatic heterocycles. The summed E-state index contributed by atoms with van der Waals surface area (Å²) in [5.41, 5.74) is 4.94. The van der Waals surface area contributed by atoms with Gasteiger partial charge in [-0.3, -0.25) is 4.79 Å². The molecule has 0 fully saturated rings. The number of amides is 1. The monoisotopic (exact) mass is 275 g/mol. The Morgan fingerprint density at radius 2 is 1.81 bits per heavy atom. The van der Waals surface area contributed by atoms with Crippen molar-refractivity contribution in [2.75, 3.05) is 0 Å².